The van der Waals surface area contributed by atoms with Crippen molar-refractivity contribution in [1.29, 1.82) is 0 Å². The zero-order valence-corrected chi connectivity index (χ0v) is 11.8. The zero-order chi connectivity index (χ0) is 12.8. The third kappa shape index (κ3) is 3.72. The summed E-state index contributed by atoms with van der Waals surface area (Å²) < 4.78 is 0. The molecular formula is C14H18Cl2O. The number of halogens is 2. The Kier molecular flexibility index (Phi) is 6.01. The van der Waals surface area contributed by atoms with Crippen molar-refractivity contribution in [2.45, 2.75) is 39.5 Å². The molecule has 0 N–H and O–H groups in total. The molecule has 0 aliphatic carbocycles. The summed E-state index contributed by atoms with van der Waals surface area (Å²) in [6.45, 7) is 4.16. The molecular weight excluding hydrogens is 255 g/mol. The van der Waals surface area contributed by atoms with Gasteiger partial charge in [-0.05, 0) is 25.0 Å². The van der Waals surface area contributed by atoms with E-state index >= 15 is 0 Å². The van der Waals surface area contributed by atoms with E-state index in [9.17, 15) is 4.79 Å². The highest BCUT2D eigenvalue weighted by Crippen LogP contribution is 2.29. The van der Waals surface area contributed by atoms with E-state index in [2.05, 4.69) is 6.92 Å². The number of carbonyl (C=O) groups excluding carboxylic acids is 1. The van der Waals surface area contributed by atoms with Crippen molar-refractivity contribution >= 4 is 29.0 Å². The van der Waals surface area contributed by atoms with Crippen LogP contribution in [0.4, 0.5) is 0 Å². The summed E-state index contributed by atoms with van der Waals surface area (Å²) in [5.74, 6) is 0.115. The van der Waals surface area contributed by atoms with Crippen LogP contribution in [-0.4, -0.2) is 5.78 Å². The number of carbonyl (C=O) groups is 1. The second-order valence-corrected chi connectivity index (χ2v) is 5.02. The molecule has 1 unspecified atom stereocenters. The maximum absolute atomic E-state index is 12.4. The molecule has 0 aliphatic heterocycles. The van der Waals surface area contributed by atoms with Crippen molar-refractivity contribution in [3.05, 3.63) is 33.8 Å². The highest BCUT2D eigenvalue weighted by Gasteiger charge is 2.22. The van der Waals surface area contributed by atoms with Gasteiger partial charge >= 0.3 is 0 Å². The van der Waals surface area contributed by atoms with Crippen molar-refractivity contribution < 1.29 is 4.79 Å². The summed E-state index contributed by atoms with van der Waals surface area (Å²) in [6.07, 6.45) is 3.90. The van der Waals surface area contributed by atoms with Gasteiger partial charge in [0.25, 0.3) is 0 Å². The van der Waals surface area contributed by atoms with E-state index in [-0.39, 0.29) is 11.7 Å². The van der Waals surface area contributed by atoms with Gasteiger partial charge in [-0.2, -0.15) is 0 Å². The van der Waals surface area contributed by atoms with Crippen LogP contribution in [0.1, 0.15) is 49.9 Å². The lowest BCUT2D eigenvalue weighted by atomic mass is 9.90. The van der Waals surface area contributed by atoms with Gasteiger partial charge in [0.2, 0.25) is 0 Å². The molecule has 0 bridgehead atoms. The molecule has 94 valence electrons. The Labute approximate surface area is 113 Å². The average molecular weight is 273 g/mol. The molecule has 0 aliphatic rings. The summed E-state index contributed by atoms with van der Waals surface area (Å²) in [5.41, 5.74) is 0.485. The van der Waals surface area contributed by atoms with Gasteiger partial charge in [0.1, 0.15) is 0 Å². The van der Waals surface area contributed by atoms with Gasteiger partial charge in [-0.15, -0.1) is 0 Å². The summed E-state index contributed by atoms with van der Waals surface area (Å²) in [5, 5.41) is 0.912. The topological polar surface area (TPSA) is 17.1 Å². The van der Waals surface area contributed by atoms with Crippen molar-refractivity contribution in [2.75, 3.05) is 0 Å². The van der Waals surface area contributed by atoms with Crippen LogP contribution in [0.25, 0.3) is 0 Å². The summed E-state index contributed by atoms with van der Waals surface area (Å²) in [4.78, 5) is 12.4. The minimum Gasteiger partial charge on any atom is -0.294 e. The van der Waals surface area contributed by atoms with Crippen molar-refractivity contribution in [1.82, 2.24) is 0 Å². The smallest absolute Gasteiger partial charge is 0.168 e. The van der Waals surface area contributed by atoms with Gasteiger partial charge in [0, 0.05) is 5.92 Å². The third-order valence-electron chi connectivity index (χ3n) is 2.98. The van der Waals surface area contributed by atoms with Gasteiger partial charge in [0.15, 0.2) is 5.78 Å². The molecule has 0 spiro atoms. The molecule has 1 aromatic carbocycles. The Morgan fingerprint density at radius 2 is 1.82 bits per heavy atom. The Morgan fingerprint density at radius 3 is 2.29 bits per heavy atom. The SMILES string of the molecule is CCCCC(CC)C(=O)c1c(Cl)cccc1Cl. The van der Waals surface area contributed by atoms with Crippen LogP contribution in [0, 0.1) is 5.92 Å². The van der Waals surface area contributed by atoms with Crippen molar-refractivity contribution in [3.63, 3.8) is 0 Å². The van der Waals surface area contributed by atoms with Crippen LogP contribution in [0.5, 0.6) is 0 Å². The van der Waals surface area contributed by atoms with E-state index in [1.54, 1.807) is 18.2 Å². The average Bonchev–Trinajstić information content (AvgIpc) is 2.30. The lowest BCUT2D eigenvalue weighted by molar-refractivity contribution is 0.0908. The number of Topliss-reactive ketones (excluding diaryl/α,β-unsaturated/α-hetero) is 1. The van der Waals surface area contributed by atoms with Crippen LogP contribution >= 0.6 is 23.2 Å². The number of hydrogen-bond donors (Lipinski definition) is 0. The fourth-order valence-electron chi connectivity index (χ4n) is 1.91. The van der Waals surface area contributed by atoms with Gasteiger partial charge in [-0.1, -0.05) is 56.0 Å². The normalized spacial score (nSPS) is 12.5. The van der Waals surface area contributed by atoms with Gasteiger partial charge in [-0.25, -0.2) is 0 Å². The Hall–Kier alpha value is -0.530. The Balaban J connectivity index is 2.93. The number of ketones is 1. The molecule has 0 amide bonds. The van der Waals surface area contributed by atoms with Crippen LogP contribution in [-0.2, 0) is 0 Å². The Bertz CT molecular complexity index is 368. The number of hydrogen-bond acceptors (Lipinski definition) is 1. The monoisotopic (exact) mass is 272 g/mol. The molecule has 3 heteroatoms. The molecule has 0 heterocycles. The summed E-state index contributed by atoms with van der Waals surface area (Å²) in [7, 11) is 0. The summed E-state index contributed by atoms with van der Waals surface area (Å²) in [6, 6.07) is 5.19. The quantitative estimate of drug-likeness (QED) is 0.635. The lowest BCUT2D eigenvalue weighted by Gasteiger charge is -2.15. The predicted octanol–water partition coefficient (Wildman–Crippen LogP) is 5.39. The first-order valence-electron chi connectivity index (χ1n) is 6.10. The molecule has 0 fully saturated rings. The highest BCUT2D eigenvalue weighted by molar-refractivity contribution is 6.39. The first-order chi connectivity index (χ1) is 8.11. The third-order valence-corrected chi connectivity index (χ3v) is 3.61. The number of benzene rings is 1. The first kappa shape index (κ1) is 14.5. The molecule has 0 saturated heterocycles. The van der Waals surface area contributed by atoms with E-state index in [1.165, 1.54) is 0 Å². The molecule has 0 radical (unpaired) electrons. The van der Waals surface area contributed by atoms with E-state index in [0.29, 0.717) is 15.6 Å². The first-order valence-corrected chi connectivity index (χ1v) is 6.85. The number of rotatable bonds is 6. The molecule has 1 atom stereocenters. The fourth-order valence-corrected chi connectivity index (χ4v) is 2.49. The molecule has 0 aromatic heterocycles. The maximum atomic E-state index is 12.4. The highest BCUT2D eigenvalue weighted by atomic mass is 35.5. The van der Waals surface area contributed by atoms with Crippen LogP contribution < -0.4 is 0 Å². The number of unbranched alkanes of at least 4 members (excludes halogenated alkanes) is 1. The van der Waals surface area contributed by atoms with Crippen molar-refractivity contribution in [2.24, 2.45) is 5.92 Å². The lowest BCUT2D eigenvalue weighted by Crippen LogP contribution is -2.15. The Morgan fingerprint density at radius 1 is 1.24 bits per heavy atom. The molecule has 0 saturated carbocycles. The van der Waals surface area contributed by atoms with Gasteiger partial charge in [-0.3, -0.25) is 4.79 Å². The summed E-state index contributed by atoms with van der Waals surface area (Å²) >= 11 is 12.1. The van der Waals surface area contributed by atoms with E-state index in [1.807, 2.05) is 6.92 Å². The van der Waals surface area contributed by atoms with Crippen LogP contribution in [0.2, 0.25) is 10.0 Å². The van der Waals surface area contributed by atoms with Gasteiger partial charge in [0.05, 0.1) is 15.6 Å². The fraction of sp³-hybridized carbons (Fsp3) is 0.500. The largest absolute Gasteiger partial charge is 0.294 e. The molecule has 1 aromatic rings. The van der Waals surface area contributed by atoms with E-state index in [0.717, 1.165) is 25.7 Å². The molecule has 1 nitrogen and oxygen atoms in total. The minimum absolute atomic E-state index is 0.0346. The predicted molar refractivity (Wildman–Crippen MR) is 74.1 cm³/mol. The molecule has 17 heavy (non-hydrogen) atoms. The van der Waals surface area contributed by atoms with E-state index < -0.39 is 0 Å². The zero-order valence-electron chi connectivity index (χ0n) is 10.3. The maximum Gasteiger partial charge on any atom is 0.168 e. The van der Waals surface area contributed by atoms with Gasteiger partial charge < -0.3 is 0 Å². The van der Waals surface area contributed by atoms with E-state index in [4.69, 9.17) is 23.2 Å². The second-order valence-electron chi connectivity index (χ2n) is 4.21. The molecule has 1 rings (SSSR count). The standard InChI is InChI=1S/C14H18Cl2O/c1-3-5-7-10(4-2)14(17)13-11(15)8-6-9-12(13)16/h6,8-10H,3-5,7H2,1-2H3. The van der Waals surface area contributed by atoms with Crippen molar-refractivity contribution in [3.8, 4) is 0 Å². The van der Waals surface area contributed by atoms with Crippen LogP contribution in [0.3, 0.4) is 0 Å². The minimum atomic E-state index is 0.0346. The second kappa shape index (κ2) is 7.03. The van der Waals surface area contributed by atoms with Crippen LogP contribution in [0.15, 0.2) is 18.2 Å².